The third-order valence-corrected chi connectivity index (χ3v) is 7.16. The molecule has 1 aromatic heterocycles. The number of piperidine rings is 1. The Hall–Kier alpha value is -4.36. The van der Waals surface area contributed by atoms with E-state index >= 15 is 0 Å². The van der Waals surface area contributed by atoms with Gasteiger partial charge < -0.3 is 35.6 Å². The zero-order valence-electron chi connectivity index (χ0n) is 24.9. The first kappa shape index (κ1) is 31.6. The number of methoxy groups -OCH3 is 1. The summed E-state index contributed by atoms with van der Waals surface area (Å²) in [6.45, 7) is 10.3. The SMILES string of the molecule is C=CC(=O)Nc1cc(Nc2ncnc(Nc3cc(F)c(F)cc3C(C)(C)O)n2)c(OC)cc1N(C)CCN1CCCCC1. The van der Waals surface area contributed by atoms with Gasteiger partial charge in [-0.05, 0) is 58.0 Å². The Bertz CT molecular complexity index is 1460. The summed E-state index contributed by atoms with van der Waals surface area (Å²) in [7, 11) is 3.49. The number of ether oxygens (including phenoxy) is 1. The normalized spacial score (nSPS) is 13.7. The monoisotopic (exact) mass is 596 g/mol. The van der Waals surface area contributed by atoms with Crippen LogP contribution in [-0.4, -0.2) is 71.2 Å². The summed E-state index contributed by atoms with van der Waals surface area (Å²) >= 11 is 0. The lowest BCUT2D eigenvalue weighted by Gasteiger charge is -2.30. The van der Waals surface area contributed by atoms with Gasteiger partial charge in [-0.1, -0.05) is 13.0 Å². The van der Waals surface area contributed by atoms with Crippen molar-refractivity contribution in [2.75, 3.05) is 61.2 Å². The third-order valence-electron chi connectivity index (χ3n) is 7.16. The smallest absolute Gasteiger partial charge is 0.247 e. The first-order valence-electron chi connectivity index (χ1n) is 14.0. The van der Waals surface area contributed by atoms with E-state index in [9.17, 15) is 18.7 Å². The zero-order valence-corrected chi connectivity index (χ0v) is 24.9. The Morgan fingerprint density at radius 2 is 1.72 bits per heavy atom. The highest BCUT2D eigenvalue weighted by Crippen LogP contribution is 2.38. The van der Waals surface area contributed by atoms with Crippen LogP contribution in [0.3, 0.4) is 0 Å². The lowest BCUT2D eigenvalue weighted by Crippen LogP contribution is -2.36. The van der Waals surface area contributed by atoms with Crippen molar-refractivity contribution >= 4 is 40.6 Å². The molecule has 3 aromatic rings. The van der Waals surface area contributed by atoms with E-state index in [1.165, 1.54) is 52.6 Å². The van der Waals surface area contributed by atoms with Crippen molar-refractivity contribution in [1.82, 2.24) is 19.9 Å². The van der Waals surface area contributed by atoms with E-state index in [0.29, 0.717) is 17.1 Å². The van der Waals surface area contributed by atoms with Crippen LogP contribution >= 0.6 is 0 Å². The fraction of sp³-hybridized carbons (Fsp3) is 0.400. The number of aliphatic hydroxyl groups is 1. The van der Waals surface area contributed by atoms with Crippen molar-refractivity contribution in [2.45, 2.75) is 38.7 Å². The van der Waals surface area contributed by atoms with Crippen molar-refractivity contribution in [3.05, 3.63) is 60.4 Å². The number of nitrogens with zero attached hydrogens (tertiary/aromatic N) is 5. The van der Waals surface area contributed by atoms with Gasteiger partial charge in [0.2, 0.25) is 17.8 Å². The molecule has 4 N–H and O–H groups in total. The molecule has 1 saturated heterocycles. The molecule has 0 atom stereocenters. The Labute approximate surface area is 250 Å². The van der Waals surface area contributed by atoms with Gasteiger partial charge in [-0.3, -0.25) is 4.79 Å². The number of hydrogen-bond acceptors (Lipinski definition) is 10. The molecule has 13 heteroatoms. The summed E-state index contributed by atoms with van der Waals surface area (Å²) in [5.41, 5.74) is 0.464. The Morgan fingerprint density at radius 3 is 2.35 bits per heavy atom. The minimum absolute atomic E-state index is 0.0159. The highest BCUT2D eigenvalue weighted by molar-refractivity contribution is 6.02. The zero-order chi connectivity index (χ0) is 31.1. The first-order chi connectivity index (χ1) is 20.5. The highest BCUT2D eigenvalue weighted by atomic mass is 19.2. The van der Waals surface area contributed by atoms with Crippen molar-refractivity contribution in [1.29, 1.82) is 0 Å². The van der Waals surface area contributed by atoms with Crippen LogP contribution in [0.1, 0.15) is 38.7 Å². The number of hydrogen-bond donors (Lipinski definition) is 4. The molecule has 1 aliphatic heterocycles. The molecule has 2 aromatic carbocycles. The molecule has 4 rings (SSSR count). The Morgan fingerprint density at radius 1 is 1.07 bits per heavy atom. The number of carbonyl (C=O) groups excluding carboxylic acids is 1. The molecule has 1 amide bonds. The predicted molar refractivity (Wildman–Crippen MR) is 163 cm³/mol. The molecule has 0 spiro atoms. The minimum atomic E-state index is -1.48. The molecule has 43 heavy (non-hydrogen) atoms. The van der Waals surface area contributed by atoms with Crippen LogP contribution < -0.4 is 25.6 Å². The summed E-state index contributed by atoms with van der Waals surface area (Å²) in [5.74, 6) is -1.97. The minimum Gasteiger partial charge on any atom is -0.494 e. The van der Waals surface area contributed by atoms with E-state index in [1.807, 2.05) is 13.1 Å². The van der Waals surface area contributed by atoms with Crippen LogP contribution in [0, 0.1) is 11.6 Å². The van der Waals surface area contributed by atoms with E-state index in [0.717, 1.165) is 44.0 Å². The maximum absolute atomic E-state index is 14.1. The maximum Gasteiger partial charge on any atom is 0.247 e. The molecule has 0 radical (unpaired) electrons. The van der Waals surface area contributed by atoms with Crippen LogP contribution in [-0.2, 0) is 10.4 Å². The van der Waals surface area contributed by atoms with Gasteiger partial charge in [-0.15, -0.1) is 0 Å². The molecule has 0 bridgehead atoms. The fourth-order valence-electron chi connectivity index (χ4n) is 4.84. The second-order valence-corrected chi connectivity index (χ2v) is 10.8. The highest BCUT2D eigenvalue weighted by Gasteiger charge is 2.24. The van der Waals surface area contributed by atoms with Crippen molar-refractivity contribution < 1.29 is 23.4 Å². The summed E-state index contributed by atoms with van der Waals surface area (Å²) in [6.07, 6.45) is 6.10. The van der Waals surface area contributed by atoms with Crippen molar-refractivity contribution in [3.8, 4) is 5.75 Å². The van der Waals surface area contributed by atoms with Crippen molar-refractivity contribution in [2.24, 2.45) is 0 Å². The largest absolute Gasteiger partial charge is 0.494 e. The van der Waals surface area contributed by atoms with Crippen LogP contribution in [0.15, 0.2) is 43.2 Å². The molecule has 230 valence electrons. The van der Waals surface area contributed by atoms with Gasteiger partial charge in [-0.25, -0.2) is 18.7 Å². The lowest BCUT2D eigenvalue weighted by atomic mass is 9.96. The molecule has 0 saturated carbocycles. The summed E-state index contributed by atoms with van der Waals surface area (Å²) < 4.78 is 33.7. The lowest BCUT2D eigenvalue weighted by molar-refractivity contribution is -0.111. The quantitative estimate of drug-likeness (QED) is 0.214. The fourth-order valence-corrected chi connectivity index (χ4v) is 4.84. The number of halogens is 2. The Kier molecular flexibility index (Phi) is 10.1. The molecular weight excluding hydrogens is 558 g/mol. The molecular formula is C30H38F2N8O3. The standard InChI is InChI=1S/C30H38F2N8O3/c1-6-27(41)35-23-16-24(26(43-5)17-25(23)39(4)12-13-40-10-8-7-9-11-40)37-29-34-18-33-28(38-29)36-22-15-21(32)20(31)14-19(22)30(2,3)42/h6,14-18,42H,1,7-13H2,2-5H3,(H,35,41)(H2,33,34,36,37,38). The molecule has 2 heterocycles. The van der Waals surface area contributed by atoms with Crippen LogP contribution in [0.2, 0.25) is 0 Å². The molecule has 1 aliphatic rings. The van der Waals surface area contributed by atoms with Gasteiger partial charge in [0, 0.05) is 37.8 Å². The number of likely N-dealkylation sites (tertiary alicyclic amines) is 1. The second kappa shape index (κ2) is 13.7. The van der Waals surface area contributed by atoms with Crippen LogP contribution in [0.5, 0.6) is 5.75 Å². The number of benzene rings is 2. The second-order valence-electron chi connectivity index (χ2n) is 10.8. The maximum atomic E-state index is 14.1. The van der Waals surface area contributed by atoms with E-state index in [1.54, 1.807) is 6.07 Å². The number of likely N-dealkylation sites (N-methyl/N-ethyl adjacent to an activating group) is 1. The van der Waals surface area contributed by atoms with Crippen molar-refractivity contribution in [3.63, 3.8) is 0 Å². The average Bonchev–Trinajstić information content (AvgIpc) is 2.98. The summed E-state index contributed by atoms with van der Waals surface area (Å²) in [4.78, 5) is 29.4. The number of nitrogens with one attached hydrogen (secondary N) is 3. The predicted octanol–water partition coefficient (Wildman–Crippen LogP) is 4.92. The van der Waals surface area contributed by atoms with E-state index < -0.39 is 17.2 Å². The van der Waals surface area contributed by atoms with Gasteiger partial charge in [0.1, 0.15) is 12.1 Å². The van der Waals surface area contributed by atoms with E-state index in [4.69, 9.17) is 4.74 Å². The van der Waals surface area contributed by atoms with E-state index in [2.05, 4.69) is 47.3 Å². The van der Waals surface area contributed by atoms with E-state index in [-0.39, 0.29) is 29.1 Å². The number of rotatable bonds is 12. The molecule has 11 nitrogen and oxygen atoms in total. The van der Waals surface area contributed by atoms with Gasteiger partial charge >= 0.3 is 0 Å². The van der Waals surface area contributed by atoms with Gasteiger partial charge in [0.05, 0.1) is 35.5 Å². The summed E-state index contributed by atoms with van der Waals surface area (Å²) in [5, 5.41) is 19.3. The molecule has 0 unspecified atom stereocenters. The van der Waals surface area contributed by atoms with Crippen LogP contribution in [0.25, 0.3) is 0 Å². The number of carbonyl (C=O) groups is 1. The van der Waals surface area contributed by atoms with Gasteiger partial charge in [0.15, 0.2) is 11.6 Å². The first-order valence-corrected chi connectivity index (χ1v) is 14.0. The third kappa shape index (κ3) is 8.14. The Balaban J connectivity index is 1.61. The number of amides is 1. The number of anilines is 6. The molecule has 1 fully saturated rings. The number of aromatic nitrogens is 3. The van der Waals surface area contributed by atoms with Gasteiger partial charge in [-0.2, -0.15) is 4.98 Å². The average molecular weight is 597 g/mol. The van der Waals surface area contributed by atoms with Crippen LogP contribution in [0.4, 0.5) is 43.4 Å². The topological polar surface area (TPSA) is 128 Å². The van der Waals surface area contributed by atoms with Gasteiger partial charge in [0.25, 0.3) is 0 Å². The summed E-state index contributed by atoms with van der Waals surface area (Å²) in [6, 6.07) is 5.38. The molecule has 0 aliphatic carbocycles.